The van der Waals surface area contributed by atoms with Crippen molar-refractivity contribution in [2.24, 2.45) is 0 Å². The van der Waals surface area contributed by atoms with E-state index < -0.39 is 30.1 Å². The van der Waals surface area contributed by atoms with E-state index in [0.717, 1.165) is 11.3 Å². The lowest BCUT2D eigenvalue weighted by Crippen LogP contribution is -2.33. The Morgan fingerprint density at radius 1 is 1.20 bits per heavy atom. The van der Waals surface area contributed by atoms with Gasteiger partial charge in [0.2, 0.25) is 5.82 Å². The molecule has 2 unspecified atom stereocenters. The summed E-state index contributed by atoms with van der Waals surface area (Å²) >= 11 is 6.89. The number of aromatic nitrogens is 4. The molecule has 30 heavy (non-hydrogen) atoms. The number of pyridine rings is 1. The maximum Gasteiger partial charge on any atom is 0.412 e. The van der Waals surface area contributed by atoms with Crippen LogP contribution in [0.5, 0.6) is 5.88 Å². The van der Waals surface area contributed by atoms with Gasteiger partial charge in [0.25, 0.3) is 5.88 Å². The van der Waals surface area contributed by atoms with Crippen molar-refractivity contribution in [3.05, 3.63) is 34.6 Å². The molecule has 3 rings (SSSR count). The zero-order valence-corrected chi connectivity index (χ0v) is 17.5. The van der Waals surface area contributed by atoms with Gasteiger partial charge in [0.1, 0.15) is 22.6 Å². The lowest BCUT2D eigenvalue weighted by Gasteiger charge is -2.21. The summed E-state index contributed by atoms with van der Waals surface area (Å²) < 4.78 is 29.6. The van der Waals surface area contributed by atoms with Gasteiger partial charge in [0.05, 0.1) is 25.2 Å². The molecule has 0 aliphatic rings. The molecule has 0 aliphatic carbocycles. The molecule has 2 atom stereocenters. The average molecular weight is 456 g/mol. The van der Waals surface area contributed by atoms with Gasteiger partial charge in [-0.25, -0.2) is 28.9 Å². The number of rotatable bonds is 6. The van der Waals surface area contributed by atoms with Crippen molar-refractivity contribution in [2.75, 3.05) is 12.4 Å². The van der Waals surface area contributed by atoms with Crippen LogP contribution in [0.2, 0.25) is 4.47 Å². The van der Waals surface area contributed by atoms with Crippen LogP contribution in [0.25, 0.3) is 10.3 Å². The number of hydrogen-bond donors (Lipinski definition) is 1. The van der Waals surface area contributed by atoms with Gasteiger partial charge in [-0.2, -0.15) is 4.98 Å². The second kappa shape index (κ2) is 9.13. The van der Waals surface area contributed by atoms with Crippen molar-refractivity contribution >= 4 is 51.0 Å². The fourth-order valence-corrected chi connectivity index (χ4v) is 3.11. The highest BCUT2D eigenvalue weighted by Crippen LogP contribution is 2.28. The van der Waals surface area contributed by atoms with Gasteiger partial charge in [-0.15, -0.1) is 0 Å². The topological polar surface area (TPSA) is 125 Å². The van der Waals surface area contributed by atoms with Crippen molar-refractivity contribution < 1.29 is 28.2 Å². The van der Waals surface area contributed by atoms with Crippen molar-refractivity contribution in [2.45, 2.75) is 26.1 Å². The first kappa shape index (κ1) is 21.6. The van der Waals surface area contributed by atoms with Crippen molar-refractivity contribution in [1.82, 2.24) is 19.9 Å². The molecule has 0 aromatic carbocycles. The summed E-state index contributed by atoms with van der Waals surface area (Å²) in [6.07, 6.45) is 0.142. The van der Waals surface area contributed by atoms with Gasteiger partial charge < -0.3 is 14.2 Å². The van der Waals surface area contributed by atoms with Crippen LogP contribution in [-0.4, -0.2) is 51.3 Å². The number of nitrogens with zero attached hydrogens (tertiary/aromatic N) is 4. The molecule has 13 heteroatoms. The number of anilines is 1. The first-order valence-corrected chi connectivity index (χ1v) is 9.63. The predicted octanol–water partition coefficient (Wildman–Crippen LogP) is 3.46. The van der Waals surface area contributed by atoms with E-state index in [1.807, 2.05) is 0 Å². The number of methoxy groups -OCH3 is 1. The molecule has 0 aliphatic heterocycles. The van der Waals surface area contributed by atoms with Crippen LogP contribution in [0.15, 0.2) is 18.5 Å². The van der Waals surface area contributed by atoms with Crippen molar-refractivity contribution in [1.29, 1.82) is 0 Å². The summed E-state index contributed by atoms with van der Waals surface area (Å²) in [6.45, 7) is 3.16. The third kappa shape index (κ3) is 5.07. The fraction of sp³-hybridized carbons (Fsp3) is 0.294. The molecule has 0 bridgehead atoms. The number of hydrogen-bond acceptors (Lipinski definition) is 10. The average Bonchev–Trinajstić information content (AvgIpc) is 3.06. The maximum atomic E-state index is 14.2. The predicted molar refractivity (Wildman–Crippen MR) is 105 cm³/mol. The maximum absolute atomic E-state index is 14.2. The Balaban J connectivity index is 1.58. The van der Waals surface area contributed by atoms with Crippen LogP contribution in [0, 0.1) is 5.82 Å². The number of fused-ring (bicyclic) bond motifs is 1. The number of halogens is 2. The number of amides is 1. The number of carbonyl (C=O) groups is 2. The van der Waals surface area contributed by atoms with E-state index in [1.54, 1.807) is 13.8 Å². The first-order valence-electron chi connectivity index (χ1n) is 8.44. The summed E-state index contributed by atoms with van der Waals surface area (Å²) in [5.74, 6) is -1.82. The normalized spacial score (nSPS) is 12.8. The second-order valence-corrected chi connectivity index (χ2v) is 7.47. The Bertz CT molecular complexity index is 1080. The largest absolute Gasteiger partial charge is 0.469 e. The Morgan fingerprint density at radius 2 is 1.90 bits per heavy atom. The summed E-state index contributed by atoms with van der Waals surface area (Å²) in [6, 6.07) is 1.17. The zero-order valence-electron chi connectivity index (χ0n) is 15.9. The van der Waals surface area contributed by atoms with E-state index in [2.05, 4.69) is 30.0 Å². The van der Waals surface area contributed by atoms with Crippen LogP contribution >= 0.6 is 22.9 Å². The van der Waals surface area contributed by atoms with Crippen LogP contribution in [-0.2, 0) is 9.47 Å². The number of nitrogens with one attached hydrogen (secondary N) is 1. The van der Waals surface area contributed by atoms with Crippen LogP contribution in [0.4, 0.5) is 14.9 Å². The smallest absolute Gasteiger partial charge is 0.412 e. The molecule has 3 aromatic rings. The molecule has 0 saturated carbocycles. The molecule has 1 N–H and O–H groups in total. The molecule has 10 nitrogen and oxygen atoms in total. The molecule has 3 aromatic heterocycles. The van der Waals surface area contributed by atoms with Crippen molar-refractivity contribution in [3.8, 4) is 5.88 Å². The lowest BCUT2D eigenvalue weighted by atomic mass is 10.2. The summed E-state index contributed by atoms with van der Waals surface area (Å²) in [7, 11) is 1.20. The fourth-order valence-electron chi connectivity index (χ4n) is 2.15. The van der Waals surface area contributed by atoms with Gasteiger partial charge in [0.15, 0.2) is 10.3 Å². The summed E-state index contributed by atoms with van der Waals surface area (Å²) in [4.78, 5) is 39.3. The number of carbonyl (C=O) groups excluding carboxylic acids is 2. The molecular formula is C17H15ClFN5O5S. The van der Waals surface area contributed by atoms with E-state index in [4.69, 9.17) is 21.1 Å². The molecule has 1 amide bonds. The van der Waals surface area contributed by atoms with E-state index in [1.165, 1.54) is 25.6 Å². The second-order valence-electron chi connectivity index (χ2n) is 5.91. The molecule has 0 fully saturated rings. The molecule has 0 spiro atoms. The van der Waals surface area contributed by atoms with E-state index in [9.17, 15) is 14.0 Å². The Morgan fingerprint density at radius 3 is 2.57 bits per heavy atom. The van der Waals surface area contributed by atoms with E-state index in [0.29, 0.717) is 10.3 Å². The highest BCUT2D eigenvalue weighted by Gasteiger charge is 2.22. The van der Waals surface area contributed by atoms with Gasteiger partial charge in [-0.1, -0.05) is 22.9 Å². The Labute approximate surface area is 178 Å². The van der Waals surface area contributed by atoms with Gasteiger partial charge in [0, 0.05) is 6.07 Å². The molecule has 3 heterocycles. The van der Waals surface area contributed by atoms with Crippen LogP contribution < -0.4 is 10.1 Å². The Hall–Kier alpha value is -3.12. The minimum absolute atomic E-state index is 0.152. The molecular weight excluding hydrogens is 441 g/mol. The quantitative estimate of drug-likeness (QED) is 0.556. The summed E-state index contributed by atoms with van der Waals surface area (Å²) in [5, 5.41) is 2.41. The van der Waals surface area contributed by atoms with Crippen molar-refractivity contribution in [3.63, 3.8) is 0 Å². The minimum Gasteiger partial charge on any atom is -0.469 e. The highest BCUT2D eigenvalue weighted by molar-refractivity contribution is 7.21. The van der Waals surface area contributed by atoms with E-state index in [-0.39, 0.29) is 21.9 Å². The van der Waals surface area contributed by atoms with E-state index >= 15 is 0 Å². The molecule has 0 saturated heterocycles. The van der Waals surface area contributed by atoms with Gasteiger partial charge in [-0.05, 0) is 13.8 Å². The van der Waals surface area contributed by atoms with Crippen LogP contribution in [0.1, 0.15) is 24.5 Å². The van der Waals surface area contributed by atoms with Crippen LogP contribution in [0.3, 0.4) is 0 Å². The monoisotopic (exact) mass is 455 g/mol. The SMILES string of the molecule is COC(=O)c1ncc(NC(=O)OC(C)C(C)Oc2nc3sc(Cl)nc3cc2F)cn1. The number of ether oxygens (including phenoxy) is 3. The highest BCUT2D eigenvalue weighted by atomic mass is 35.5. The minimum atomic E-state index is -0.814. The Kier molecular flexibility index (Phi) is 6.57. The lowest BCUT2D eigenvalue weighted by molar-refractivity contribution is 0.0379. The summed E-state index contributed by atoms with van der Waals surface area (Å²) in [5.41, 5.74) is 0.528. The number of thiazole rings is 1. The standard InChI is InChI=1S/C17H15ClFN5O5S/c1-7(28-13-10(19)4-11-14(24-13)30-16(18)23-11)8(2)29-17(26)22-9-5-20-12(21-6-9)15(25)27-3/h4-8H,1-3H3,(H,22,26). The zero-order chi connectivity index (χ0) is 21.8. The first-order chi connectivity index (χ1) is 14.3. The van der Waals surface area contributed by atoms with Gasteiger partial charge >= 0.3 is 12.1 Å². The number of esters is 1. The molecule has 158 valence electrons. The third-order valence-corrected chi connectivity index (χ3v) is 4.87. The third-order valence-electron chi connectivity index (χ3n) is 3.80. The molecule has 0 radical (unpaired) electrons. The van der Waals surface area contributed by atoms with Gasteiger partial charge in [-0.3, -0.25) is 5.32 Å².